The average Bonchev–Trinajstić information content (AvgIpc) is 2.46. The van der Waals surface area contributed by atoms with Gasteiger partial charge in [-0.1, -0.05) is 49.7 Å². The Morgan fingerprint density at radius 3 is 2.42 bits per heavy atom. The highest BCUT2D eigenvalue weighted by molar-refractivity contribution is 5.70. The van der Waals surface area contributed by atoms with Crippen molar-refractivity contribution >= 4 is 0 Å². The maximum Gasteiger partial charge on any atom is 0.0994 e. The molecule has 0 amide bonds. The minimum Gasteiger partial charge on any atom is -0.192 e. The van der Waals surface area contributed by atoms with Crippen LogP contribution < -0.4 is 0 Å². The Labute approximate surface area is 115 Å². The zero-order chi connectivity index (χ0) is 13.7. The summed E-state index contributed by atoms with van der Waals surface area (Å²) in [7, 11) is 0. The van der Waals surface area contributed by atoms with Crippen molar-refractivity contribution in [2.45, 2.75) is 33.1 Å². The molecule has 19 heavy (non-hydrogen) atoms. The monoisotopic (exact) mass is 249 g/mol. The Bertz CT molecular complexity index is 591. The SMILES string of the molecule is CCCCc1c(C#N)ccc(-c2ccccc2)c1C. The second-order valence-electron chi connectivity index (χ2n) is 4.85. The topological polar surface area (TPSA) is 23.8 Å². The Kier molecular flexibility index (Phi) is 4.36. The van der Waals surface area contributed by atoms with E-state index in [1.165, 1.54) is 22.3 Å². The first-order valence-corrected chi connectivity index (χ1v) is 6.86. The van der Waals surface area contributed by atoms with Gasteiger partial charge in [-0.2, -0.15) is 5.26 Å². The van der Waals surface area contributed by atoms with Crippen molar-refractivity contribution in [1.82, 2.24) is 0 Å². The zero-order valence-electron chi connectivity index (χ0n) is 11.6. The Hall–Kier alpha value is -2.07. The first-order chi connectivity index (χ1) is 9.27. The van der Waals surface area contributed by atoms with E-state index >= 15 is 0 Å². The highest BCUT2D eigenvalue weighted by Crippen LogP contribution is 2.28. The van der Waals surface area contributed by atoms with Crippen LogP contribution in [0.25, 0.3) is 11.1 Å². The fraction of sp³-hybridized carbons (Fsp3) is 0.278. The van der Waals surface area contributed by atoms with Crippen molar-refractivity contribution in [2.24, 2.45) is 0 Å². The maximum absolute atomic E-state index is 9.25. The lowest BCUT2D eigenvalue weighted by atomic mass is 9.91. The van der Waals surface area contributed by atoms with Gasteiger partial charge in [0, 0.05) is 0 Å². The summed E-state index contributed by atoms with van der Waals surface area (Å²) in [5, 5.41) is 9.25. The summed E-state index contributed by atoms with van der Waals surface area (Å²) in [6.45, 7) is 4.32. The predicted molar refractivity (Wildman–Crippen MR) is 79.9 cm³/mol. The smallest absolute Gasteiger partial charge is 0.0994 e. The lowest BCUT2D eigenvalue weighted by molar-refractivity contribution is 0.790. The molecular weight excluding hydrogens is 230 g/mol. The first kappa shape index (κ1) is 13.4. The van der Waals surface area contributed by atoms with Crippen LogP contribution in [-0.2, 0) is 6.42 Å². The summed E-state index contributed by atoms with van der Waals surface area (Å²) in [4.78, 5) is 0. The minimum atomic E-state index is 0.825. The third kappa shape index (κ3) is 2.85. The normalized spacial score (nSPS) is 10.2. The Morgan fingerprint density at radius 1 is 1.05 bits per heavy atom. The van der Waals surface area contributed by atoms with Gasteiger partial charge in [0.15, 0.2) is 0 Å². The van der Waals surface area contributed by atoms with Gasteiger partial charge in [-0.25, -0.2) is 0 Å². The summed E-state index contributed by atoms with van der Waals surface area (Å²) in [6.07, 6.45) is 3.28. The maximum atomic E-state index is 9.25. The van der Waals surface area contributed by atoms with E-state index in [4.69, 9.17) is 0 Å². The number of nitrogens with zero attached hydrogens (tertiary/aromatic N) is 1. The highest BCUT2D eigenvalue weighted by Gasteiger charge is 2.10. The molecule has 0 radical (unpaired) electrons. The molecule has 0 aromatic heterocycles. The quantitative estimate of drug-likeness (QED) is 0.757. The van der Waals surface area contributed by atoms with Crippen molar-refractivity contribution in [2.75, 3.05) is 0 Å². The summed E-state index contributed by atoms with van der Waals surface area (Å²) in [5.74, 6) is 0. The lowest BCUT2D eigenvalue weighted by Gasteiger charge is -2.13. The van der Waals surface area contributed by atoms with Gasteiger partial charge in [-0.3, -0.25) is 0 Å². The van der Waals surface area contributed by atoms with Gasteiger partial charge in [-0.15, -0.1) is 0 Å². The largest absolute Gasteiger partial charge is 0.192 e. The third-order valence-corrected chi connectivity index (χ3v) is 3.58. The van der Waals surface area contributed by atoms with Crippen LogP contribution in [0.5, 0.6) is 0 Å². The molecule has 0 saturated carbocycles. The molecule has 0 N–H and O–H groups in total. The van der Waals surface area contributed by atoms with Crippen LogP contribution in [0.15, 0.2) is 42.5 Å². The molecule has 1 heteroatoms. The highest BCUT2D eigenvalue weighted by atomic mass is 14.3. The molecule has 0 aliphatic carbocycles. The number of hydrogen-bond acceptors (Lipinski definition) is 1. The molecule has 1 nitrogen and oxygen atoms in total. The van der Waals surface area contributed by atoms with E-state index < -0.39 is 0 Å². The molecule has 0 unspecified atom stereocenters. The van der Waals surface area contributed by atoms with E-state index in [1.54, 1.807) is 0 Å². The van der Waals surface area contributed by atoms with Crippen molar-refractivity contribution in [3.63, 3.8) is 0 Å². The van der Waals surface area contributed by atoms with Crippen molar-refractivity contribution in [3.05, 3.63) is 59.2 Å². The summed E-state index contributed by atoms with van der Waals surface area (Å²) in [5.41, 5.74) is 5.75. The zero-order valence-corrected chi connectivity index (χ0v) is 11.6. The summed E-state index contributed by atoms with van der Waals surface area (Å²) < 4.78 is 0. The van der Waals surface area contributed by atoms with Gasteiger partial charge in [0.2, 0.25) is 0 Å². The van der Waals surface area contributed by atoms with Gasteiger partial charge in [0.1, 0.15) is 0 Å². The van der Waals surface area contributed by atoms with Crippen LogP contribution in [0.3, 0.4) is 0 Å². The number of nitriles is 1. The molecule has 0 aliphatic rings. The van der Waals surface area contributed by atoms with Crippen molar-refractivity contribution < 1.29 is 0 Å². The minimum absolute atomic E-state index is 0.825. The molecule has 2 rings (SSSR count). The van der Waals surface area contributed by atoms with E-state index in [0.717, 1.165) is 24.8 Å². The molecule has 96 valence electrons. The molecule has 0 spiro atoms. The molecule has 0 saturated heterocycles. The lowest BCUT2D eigenvalue weighted by Crippen LogP contribution is -1.97. The average molecular weight is 249 g/mol. The van der Waals surface area contributed by atoms with E-state index in [1.807, 2.05) is 12.1 Å². The molecule has 2 aromatic carbocycles. The standard InChI is InChI=1S/C18H19N/c1-3-4-10-17-14(2)18(12-11-16(17)13-19)15-8-6-5-7-9-15/h5-9,11-12H,3-4,10H2,1-2H3. The van der Waals surface area contributed by atoms with Gasteiger partial charge in [-0.05, 0) is 48.1 Å². The van der Waals surface area contributed by atoms with Crippen molar-refractivity contribution in [1.29, 1.82) is 5.26 Å². The fourth-order valence-corrected chi connectivity index (χ4v) is 2.47. The molecule has 0 fully saturated rings. The van der Waals surface area contributed by atoms with E-state index in [-0.39, 0.29) is 0 Å². The van der Waals surface area contributed by atoms with E-state index in [9.17, 15) is 5.26 Å². The number of rotatable bonds is 4. The van der Waals surface area contributed by atoms with E-state index in [2.05, 4.69) is 50.2 Å². The molecule has 0 atom stereocenters. The van der Waals surface area contributed by atoms with Crippen molar-refractivity contribution in [3.8, 4) is 17.2 Å². The summed E-state index contributed by atoms with van der Waals surface area (Å²) >= 11 is 0. The van der Waals surface area contributed by atoms with Gasteiger partial charge in [0.25, 0.3) is 0 Å². The van der Waals surface area contributed by atoms with Crippen LogP contribution >= 0.6 is 0 Å². The van der Waals surface area contributed by atoms with Crippen LogP contribution in [0, 0.1) is 18.3 Å². The van der Waals surface area contributed by atoms with Crippen LogP contribution in [0.4, 0.5) is 0 Å². The van der Waals surface area contributed by atoms with Crippen LogP contribution in [0.2, 0.25) is 0 Å². The van der Waals surface area contributed by atoms with Crippen LogP contribution in [0.1, 0.15) is 36.5 Å². The third-order valence-electron chi connectivity index (χ3n) is 3.58. The predicted octanol–water partition coefficient (Wildman–Crippen LogP) is 4.88. The first-order valence-electron chi connectivity index (χ1n) is 6.86. The second-order valence-corrected chi connectivity index (χ2v) is 4.85. The van der Waals surface area contributed by atoms with Crippen LogP contribution in [-0.4, -0.2) is 0 Å². The molecule has 0 heterocycles. The Morgan fingerprint density at radius 2 is 1.79 bits per heavy atom. The second kappa shape index (κ2) is 6.20. The fourth-order valence-electron chi connectivity index (χ4n) is 2.47. The van der Waals surface area contributed by atoms with Gasteiger partial charge in [0.05, 0.1) is 11.6 Å². The number of unbranched alkanes of at least 4 members (excludes halogenated alkanes) is 1. The Balaban J connectivity index is 2.51. The molecule has 2 aromatic rings. The van der Waals surface area contributed by atoms with E-state index in [0.29, 0.717) is 0 Å². The summed E-state index contributed by atoms with van der Waals surface area (Å²) in [6, 6.07) is 16.7. The number of hydrogen-bond donors (Lipinski definition) is 0. The molecule has 0 aliphatic heterocycles. The molecule has 0 bridgehead atoms. The van der Waals surface area contributed by atoms with Gasteiger partial charge >= 0.3 is 0 Å². The van der Waals surface area contributed by atoms with Gasteiger partial charge < -0.3 is 0 Å². The number of benzene rings is 2. The molecular formula is C18H19N.